The second-order valence-corrected chi connectivity index (χ2v) is 8.13. The van der Waals surface area contributed by atoms with Crippen LogP contribution in [0.4, 0.5) is 0 Å². The molecule has 0 radical (unpaired) electrons. The van der Waals surface area contributed by atoms with E-state index in [0.717, 1.165) is 15.4 Å². The van der Waals surface area contributed by atoms with Crippen molar-refractivity contribution in [1.29, 1.82) is 0 Å². The molecule has 2 rings (SSSR count). The normalized spacial score (nSPS) is 11.4. The summed E-state index contributed by atoms with van der Waals surface area (Å²) < 4.78 is 23.6. The van der Waals surface area contributed by atoms with Crippen molar-refractivity contribution in [3.8, 4) is 0 Å². The molecule has 18 heavy (non-hydrogen) atoms. The zero-order chi connectivity index (χ0) is 13.2. The Bertz CT molecular complexity index is 654. The molecule has 0 fully saturated rings. The molecule has 0 aliphatic rings. The van der Waals surface area contributed by atoms with Gasteiger partial charge in [0, 0.05) is 11.2 Å². The molecule has 1 heterocycles. The van der Waals surface area contributed by atoms with Crippen LogP contribution in [0.2, 0.25) is 0 Å². The Hall–Kier alpha value is -1.11. The molecule has 0 aliphatic carbocycles. The van der Waals surface area contributed by atoms with Crippen LogP contribution in [-0.4, -0.2) is 21.0 Å². The van der Waals surface area contributed by atoms with Gasteiger partial charge in [0.2, 0.25) is 0 Å². The summed E-state index contributed by atoms with van der Waals surface area (Å²) >= 11 is 2.92. The zero-order valence-corrected chi connectivity index (χ0v) is 11.9. The molecule has 0 saturated carbocycles. The monoisotopic (exact) mass is 298 g/mol. The van der Waals surface area contributed by atoms with Crippen LogP contribution in [0.15, 0.2) is 50.4 Å². The summed E-state index contributed by atoms with van der Waals surface area (Å²) in [6.07, 6.45) is 2.01. The van der Waals surface area contributed by atoms with Gasteiger partial charge in [0.25, 0.3) is 0 Å². The highest BCUT2D eigenvalue weighted by molar-refractivity contribution is 8.01. The maximum atomic E-state index is 11.3. The third-order valence-electron chi connectivity index (χ3n) is 2.19. The minimum absolute atomic E-state index is 0.312. The maximum absolute atomic E-state index is 11.3. The first-order valence-electron chi connectivity index (χ1n) is 5.02. The number of benzene rings is 1. The van der Waals surface area contributed by atoms with Gasteiger partial charge < -0.3 is 0 Å². The van der Waals surface area contributed by atoms with E-state index in [1.54, 1.807) is 30.3 Å². The van der Waals surface area contributed by atoms with Crippen LogP contribution in [0.1, 0.15) is 9.67 Å². The number of thiophene rings is 1. The third kappa shape index (κ3) is 3.22. The lowest BCUT2D eigenvalue weighted by Gasteiger charge is -2.01. The summed E-state index contributed by atoms with van der Waals surface area (Å²) in [7, 11) is -3.15. The Morgan fingerprint density at radius 2 is 1.78 bits per heavy atom. The molecule has 0 amide bonds. The van der Waals surface area contributed by atoms with Crippen LogP contribution in [-0.2, 0) is 9.84 Å². The average molecular weight is 298 g/mol. The van der Waals surface area contributed by atoms with Gasteiger partial charge >= 0.3 is 0 Å². The maximum Gasteiger partial charge on any atom is 0.175 e. The topological polar surface area (TPSA) is 51.2 Å². The second-order valence-electron chi connectivity index (χ2n) is 3.62. The van der Waals surface area contributed by atoms with E-state index < -0.39 is 9.84 Å². The van der Waals surface area contributed by atoms with E-state index in [9.17, 15) is 13.2 Å². The van der Waals surface area contributed by atoms with Crippen LogP contribution >= 0.6 is 23.1 Å². The van der Waals surface area contributed by atoms with E-state index in [2.05, 4.69) is 0 Å². The van der Waals surface area contributed by atoms with E-state index in [0.29, 0.717) is 9.77 Å². The van der Waals surface area contributed by atoms with Crippen molar-refractivity contribution in [3.05, 3.63) is 41.3 Å². The summed E-state index contributed by atoms with van der Waals surface area (Å²) in [5.41, 5.74) is 0. The highest BCUT2D eigenvalue weighted by Crippen LogP contribution is 2.33. The highest BCUT2D eigenvalue weighted by Gasteiger charge is 2.07. The van der Waals surface area contributed by atoms with Crippen molar-refractivity contribution < 1.29 is 13.2 Å². The predicted octanol–water partition coefficient (Wildman–Crippen LogP) is 3.12. The van der Waals surface area contributed by atoms with E-state index in [1.165, 1.54) is 29.4 Å². The molecule has 0 spiro atoms. The van der Waals surface area contributed by atoms with Crippen molar-refractivity contribution in [2.45, 2.75) is 14.0 Å². The van der Waals surface area contributed by atoms with Gasteiger partial charge in [-0.3, -0.25) is 4.79 Å². The van der Waals surface area contributed by atoms with Crippen molar-refractivity contribution in [3.63, 3.8) is 0 Å². The van der Waals surface area contributed by atoms with E-state index in [-0.39, 0.29) is 0 Å². The highest BCUT2D eigenvalue weighted by atomic mass is 32.2. The molecule has 2 aromatic rings. The van der Waals surface area contributed by atoms with Crippen LogP contribution in [0, 0.1) is 0 Å². The number of carbonyl (C=O) groups excluding carboxylic acids is 1. The van der Waals surface area contributed by atoms with Gasteiger partial charge in [-0.2, -0.15) is 0 Å². The average Bonchev–Trinajstić information content (AvgIpc) is 2.76. The lowest BCUT2D eigenvalue weighted by atomic mass is 10.4. The largest absolute Gasteiger partial charge is 0.297 e. The number of aldehydes is 1. The standard InChI is InChI=1S/C12H10O3S3/c1-18(14,15)11-5-2-9(3-6-11)16-12-7-4-10(8-13)17-12/h2-8H,1H3. The minimum Gasteiger partial charge on any atom is -0.297 e. The SMILES string of the molecule is CS(=O)(=O)c1ccc(Sc2ccc(C=O)s2)cc1. The molecule has 94 valence electrons. The van der Waals surface area contributed by atoms with Gasteiger partial charge in [-0.15, -0.1) is 11.3 Å². The molecule has 0 bridgehead atoms. The molecular formula is C12H10O3S3. The van der Waals surface area contributed by atoms with Crippen LogP contribution < -0.4 is 0 Å². The van der Waals surface area contributed by atoms with E-state index in [1.807, 2.05) is 6.07 Å². The molecule has 1 aromatic carbocycles. The third-order valence-corrected chi connectivity index (χ3v) is 5.47. The molecule has 1 aromatic heterocycles. The van der Waals surface area contributed by atoms with Crippen LogP contribution in [0.25, 0.3) is 0 Å². The molecule has 0 atom stereocenters. The van der Waals surface area contributed by atoms with Crippen molar-refractivity contribution in [2.75, 3.05) is 6.26 Å². The number of sulfone groups is 1. The number of rotatable bonds is 4. The first kappa shape index (κ1) is 13.3. The summed E-state index contributed by atoms with van der Waals surface area (Å²) in [4.78, 5) is 12.5. The number of hydrogen-bond acceptors (Lipinski definition) is 5. The summed E-state index contributed by atoms with van der Waals surface area (Å²) in [5.74, 6) is 0. The van der Waals surface area contributed by atoms with E-state index >= 15 is 0 Å². The Balaban J connectivity index is 2.18. The number of hydrogen-bond donors (Lipinski definition) is 0. The van der Waals surface area contributed by atoms with Gasteiger partial charge in [-0.1, -0.05) is 11.8 Å². The number of carbonyl (C=O) groups is 1. The minimum atomic E-state index is -3.15. The fraction of sp³-hybridized carbons (Fsp3) is 0.0833. The van der Waals surface area contributed by atoms with E-state index in [4.69, 9.17) is 0 Å². The zero-order valence-electron chi connectivity index (χ0n) is 9.49. The van der Waals surface area contributed by atoms with Crippen LogP contribution in [0.5, 0.6) is 0 Å². The van der Waals surface area contributed by atoms with Gasteiger partial charge in [0.15, 0.2) is 16.1 Å². The van der Waals surface area contributed by atoms with Crippen molar-refractivity contribution in [1.82, 2.24) is 0 Å². The van der Waals surface area contributed by atoms with Gasteiger partial charge in [-0.25, -0.2) is 8.42 Å². The molecular weight excluding hydrogens is 288 g/mol. The van der Waals surface area contributed by atoms with Gasteiger partial charge in [0.1, 0.15) is 0 Å². The summed E-state index contributed by atoms with van der Waals surface area (Å²) in [5, 5.41) is 0. The fourth-order valence-corrected chi connectivity index (χ4v) is 3.89. The predicted molar refractivity (Wildman–Crippen MR) is 73.4 cm³/mol. The lowest BCUT2D eigenvalue weighted by Crippen LogP contribution is -1.95. The molecule has 0 N–H and O–H groups in total. The smallest absolute Gasteiger partial charge is 0.175 e. The molecule has 0 aliphatic heterocycles. The van der Waals surface area contributed by atoms with Crippen molar-refractivity contribution in [2.24, 2.45) is 0 Å². The van der Waals surface area contributed by atoms with Crippen LogP contribution in [0.3, 0.4) is 0 Å². The Kier molecular flexibility index (Phi) is 3.89. The first-order chi connectivity index (χ1) is 8.49. The van der Waals surface area contributed by atoms with Gasteiger partial charge in [-0.05, 0) is 36.4 Å². The quantitative estimate of drug-likeness (QED) is 0.814. The molecule has 0 unspecified atom stereocenters. The van der Waals surface area contributed by atoms with Gasteiger partial charge in [0.05, 0.1) is 14.0 Å². The Morgan fingerprint density at radius 3 is 2.28 bits per heavy atom. The second kappa shape index (κ2) is 5.26. The molecule has 6 heteroatoms. The fourth-order valence-electron chi connectivity index (χ4n) is 1.32. The molecule has 0 saturated heterocycles. The summed E-state index contributed by atoms with van der Waals surface area (Å²) in [6, 6.07) is 10.4. The lowest BCUT2D eigenvalue weighted by molar-refractivity contribution is 0.112. The van der Waals surface area contributed by atoms with Crippen molar-refractivity contribution >= 4 is 39.2 Å². The Labute approximate surface area is 114 Å². The molecule has 3 nitrogen and oxygen atoms in total. The first-order valence-corrected chi connectivity index (χ1v) is 8.54. The summed E-state index contributed by atoms with van der Waals surface area (Å²) in [6.45, 7) is 0. The Morgan fingerprint density at radius 1 is 1.11 bits per heavy atom.